The third-order valence-corrected chi connectivity index (χ3v) is 18.9. The van der Waals surface area contributed by atoms with Gasteiger partial charge in [-0.2, -0.15) is 0 Å². The first kappa shape index (κ1) is 59.9. The van der Waals surface area contributed by atoms with Gasteiger partial charge in [0.1, 0.15) is 23.4 Å². The molecule has 4 aromatic rings. The molecule has 1 spiro atoms. The molecule has 85 heavy (non-hydrogen) atoms. The smallest absolute Gasteiger partial charge is 0.308 e. The predicted molar refractivity (Wildman–Crippen MR) is 313 cm³/mol. The van der Waals surface area contributed by atoms with Crippen molar-refractivity contribution in [2.24, 2.45) is 28.3 Å². The third kappa shape index (κ3) is 11.2. The van der Waals surface area contributed by atoms with Crippen LogP contribution in [0.1, 0.15) is 190 Å². The van der Waals surface area contributed by atoms with Gasteiger partial charge in [-0.15, -0.1) is 0 Å². The summed E-state index contributed by atoms with van der Waals surface area (Å²) < 4.78 is 25.5. The summed E-state index contributed by atoms with van der Waals surface area (Å²) in [6.45, 7) is 3.52. The van der Waals surface area contributed by atoms with Crippen molar-refractivity contribution >= 4 is 41.9 Å². The first-order valence-corrected chi connectivity index (χ1v) is 29.9. The Labute approximate surface area is 493 Å². The van der Waals surface area contributed by atoms with Gasteiger partial charge in [-0.3, -0.25) is 19.2 Å². The number of hydrogen-bond donors (Lipinski definition) is 10. The Kier molecular flexibility index (Phi) is 16.8. The van der Waals surface area contributed by atoms with Crippen LogP contribution in [0.4, 0.5) is 0 Å². The highest BCUT2D eigenvalue weighted by Gasteiger charge is 2.57. The maximum Gasteiger partial charge on any atom is 0.308 e. The van der Waals surface area contributed by atoms with Crippen molar-refractivity contribution in [3.63, 3.8) is 0 Å². The summed E-state index contributed by atoms with van der Waals surface area (Å²) in [6, 6.07) is 10.7. The molecule has 450 valence electrons. The number of aryl methyl sites for hydroxylation is 1. The molecular weight excluding hydrogens is 1090 g/mol. The van der Waals surface area contributed by atoms with Crippen molar-refractivity contribution in [2.75, 3.05) is 6.61 Å². The molecule has 12 N–H and O–H groups in total. The van der Waals surface area contributed by atoms with Gasteiger partial charge in [0.05, 0.1) is 48.7 Å². The first-order valence-electron chi connectivity index (χ1n) is 29.9. The van der Waals surface area contributed by atoms with E-state index in [4.69, 9.17) is 30.4 Å². The van der Waals surface area contributed by atoms with E-state index in [0.29, 0.717) is 48.7 Å². The number of nitrogens with one attached hydrogen (secondary N) is 1. The molecule has 7 aliphatic rings. The minimum absolute atomic E-state index is 0.0327. The zero-order chi connectivity index (χ0) is 60.3. The highest BCUT2D eigenvalue weighted by Crippen LogP contribution is 2.55. The molecule has 1 saturated heterocycles. The van der Waals surface area contributed by atoms with Crippen molar-refractivity contribution in [1.82, 2.24) is 5.32 Å². The number of phenols is 1. The summed E-state index contributed by atoms with van der Waals surface area (Å²) in [7, 11) is 0. The number of ether oxygens (including phenoxy) is 4. The minimum Gasteiger partial charge on any atom is -0.507 e. The van der Waals surface area contributed by atoms with Crippen LogP contribution in [0.2, 0.25) is 0 Å². The monoisotopic (exact) mass is 1160 g/mol. The summed E-state index contributed by atoms with van der Waals surface area (Å²) in [4.78, 5) is 63.3. The summed E-state index contributed by atoms with van der Waals surface area (Å²) in [5.74, 6) is -0.621. The third-order valence-electron chi connectivity index (χ3n) is 18.9. The van der Waals surface area contributed by atoms with E-state index >= 15 is 9.59 Å². The number of benzene rings is 4. The molecule has 19 nitrogen and oxygen atoms in total. The fourth-order valence-corrected chi connectivity index (χ4v) is 14.8. The number of nitrogens with zero attached hydrogens (tertiary/aromatic N) is 1. The molecule has 10 atom stereocenters. The van der Waals surface area contributed by atoms with Crippen LogP contribution >= 0.6 is 0 Å². The van der Waals surface area contributed by atoms with E-state index in [-0.39, 0.29) is 99.6 Å². The van der Waals surface area contributed by atoms with Gasteiger partial charge in [-0.25, -0.2) is 4.99 Å². The second-order valence-corrected chi connectivity index (χ2v) is 24.6. The standard InChI is InChI=1S/C66H76N4O15/c1-4-36-25-42-18-17-39-15-16-40(49(32-72)55(39)65(42,79)29-36)27-48-56(75)54-53-47(59(48)85-62-61(66(80,81)60(78)34(2)83-62)82-33-44-30-64(70-63(68)69-44)22-6-5-7-23-64)13-9-12-43(67)19-20-45(74)26-38-11-8-10-37(24-38)14-21-46-50(84-35(3)73)28-41(31-71)51(57(54)76)52(46)58(53)77/h8,10-11,14-16,21,24,28,32,34,36,42-45,60-62,71,74-75,78-81H,4-7,13,17-20,22-23,25-27,29-31,33,67H2,1-3H3,(H3,68,69,70)/b21-14+/t34-,36-,42-,43-,44+,45+,60+,61-,62+,65-/m0/s1. The SMILES string of the molecule is CC[C@H]1C[C@@H]2CCc3ccc(Cc4c(O)c5c6c(c4O[C@H]4O[C@@H](C)[C@@H](O)C(O)(O)[C@H]4OC[C@H]4CC7(CCCCC7)NC(N)=N4)CC#C[C@H](N)CC[C@@H](O)Cc4cccc(c4)/C=C/c4c(OC(C)=O)cc(CO)c(c4C6=O)C5=O)c(C=O)c3[C@]2(O)C1. The Balaban J connectivity index is 1.14. The number of aldehydes is 1. The van der Waals surface area contributed by atoms with E-state index in [1.165, 1.54) is 19.1 Å². The fourth-order valence-electron chi connectivity index (χ4n) is 14.8. The zero-order valence-electron chi connectivity index (χ0n) is 48.2. The van der Waals surface area contributed by atoms with Crippen molar-refractivity contribution in [2.45, 2.75) is 190 Å². The fraction of sp³-hybridized carbons (Fsp3) is 0.500. The molecule has 2 heterocycles. The Hall–Kier alpha value is -6.83. The van der Waals surface area contributed by atoms with Gasteiger partial charge in [0.15, 0.2) is 29.9 Å². The molecule has 5 aliphatic carbocycles. The van der Waals surface area contributed by atoms with Crippen molar-refractivity contribution in [3.8, 4) is 29.1 Å². The number of ketones is 2. The van der Waals surface area contributed by atoms with Crippen molar-refractivity contribution in [1.29, 1.82) is 0 Å². The molecule has 0 amide bonds. The van der Waals surface area contributed by atoms with E-state index in [2.05, 4.69) is 29.1 Å². The lowest BCUT2D eigenvalue weighted by atomic mass is 9.70. The number of aliphatic imine (C=N–C) groups is 1. The van der Waals surface area contributed by atoms with Gasteiger partial charge in [0.25, 0.3) is 0 Å². The van der Waals surface area contributed by atoms with Crippen molar-refractivity contribution < 1.29 is 73.9 Å². The zero-order valence-corrected chi connectivity index (χ0v) is 48.2. The van der Waals surface area contributed by atoms with Crippen LogP contribution in [-0.2, 0) is 52.2 Å². The van der Waals surface area contributed by atoms with Crippen LogP contribution in [0.5, 0.6) is 17.2 Å². The Morgan fingerprint density at radius 2 is 1.74 bits per heavy atom. The number of hydrogen-bond acceptors (Lipinski definition) is 19. The largest absolute Gasteiger partial charge is 0.507 e. The van der Waals surface area contributed by atoms with Gasteiger partial charge in [-0.05, 0) is 128 Å². The van der Waals surface area contributed by atoms with Gasteiger partial charge in [0.2, 0.25) is 12.1 Å². The number of aromatic hydroxyl groups is 1. The van der Waals surface area contributed by atoms with Gasteiger partial charge in [-0.1, -0.05) is 86.9 Å². The molecular formula is C66H76N4O15. The number of esters is 1. The first-order chi connectivity index (χ1) is 40.7. The molecule has 0 aromatic heterocycles. The Morgan fingerprint density at radius 3 is 2.48 bits per heavy atom. The van der Waals surface area contributed by atoms with Crippen LogP contribution in [0.25, 0.3) is 12.2 Å². The minimum atomic E-state index is -3.10. The van der Waals surface area contributed by atoms with Crippen LogP contribution < -0.4 is 26.3 Å². The molecule has 4 bridgehead atoms. The molecule has 3 fully saturated rings. The second-order valence-electron chi connectivity index (χ2n) is 24.6. The summed E-state index contributed by atoms with van der Waals surface area (Å²) in [6.07, 6.45) is 4.11. The number of carbonyl (C=O) groups excluding carboxylic acids is 4. The highest BCUT2D eigenvalue weighted by molar-refractivity contribution is 6.32. The van der Waals surface area contributed by atoms with E-state index < -0.39 is 108 Å². The molecule has 19 heteroatoms. The quantitative estimate of drug-likeness (QED) is 0.0266. The number of nitrogens with two attached hydrogens (primary N) is 2. The predicted octanol–water partition coefficient (Wildman–Crippen LogP) is 5.23. The van der Waals surface area contributed by atoms with Crippen LogP contribution in [0, 0.1) is 23.7 Å². The number of carbonyl (C=O) groups is 4. The molecule has 0 radical (unpaired) electrons. The summed E-state index contributed by atoms with van der Waals surface area (Å²) >= 11 is 0. The normalized spacial score (nSPS) is 28.7. The number of aliphatic hydroxyl groups excluding tert-OH is 3. The van der Waals surface area contributed by atoms with E-state index in [1.54, 1.807) is 24.3 Å². The van der Waals surface area contributed by atoms with E-state index in [0.717, 1.165) is 63.0 Å². The van der Waals surface area contributed by atoms with E-state index in [1.807, 2.05) is 18.2 Å². The van der Waals surface area contributed by atoms with Crippen LogP contribution in [-0.4, -0.2) is 126 Å². The van der Waals surface area contributed by atoms with Crippen molar-refractivity contribution in [3.05, 3.63) is 120 Å². The average molecular weight is 1170 g/mol. The maximum absolute atomic E-state index is 16.2. The highest BCUT2D eigenvalue weighted by atomic mass is 16.7. The topological polar surface area (TPSA) is 323 Å². The number of phenolic OH excluding ortho intramolecular Hbond substituents is 1. The lowest BCUT2D eigenvalue weighted by molar-refractivity contribution is -0.379. The van der Waals surface area contributed by atoms with Gasteiger partial charge in [0, 0.05) is 64.2 Å². The number of aliphatic hydroxyl groups is 6. The average Bonchev–Trinajstić information content (AvgIpc) is 1.35. The van der Waals surface area contributed by atoms with Gasteiger partial charge >= 0.3 is 5.97 Å². The number of fused-ring (bicyclic) bond motifs is 5. The number of rotatable bonds is 11. The molecule has 11 rings (SSSR count). The molecule has 2 saturated carbocycles. The van der Waals surface area contributed by atoms with Crippen LogP contribution in [0.15, 0.2) is 47.5 Å². The molecule has 0 unspecified atom stereocenters. The summed E-state index contributed by atoms with van der Waals surface area (Å²) in [5, 5.41) is 87.3. The van der Waals surface area contributed by atoms with Crippen LogP contribution in [0.3, 0.4) is 0 Å². The van der Waals surface area contributed by atoms with Gasteiger partial charge < -0.3 is 71.5 Å². The summed E-state index contributed by atoms with van der Waals surface area (Å²) in [5.41, 5.74) is 12.4. The lowest BCUT2D eigenvalue weighted by Gasteiger charge is -2.47. The molecule has 2 aliphatic heterocycles. The van der Waals surface area contributed by atoms with E-state index in [9.17, 15) is 45.3 Å². The Bertz CT molecular complexity index is 3460. The second kappa shape index (κ2) is 23.8. The lowest BCUT2D eigenvalue weighted by Crippen LogP contribution is -2.68. The Morgan fingerprint density at radius 1 is 0.965 bits per heavy atom. The number of guanidine groups is 1. The molecule has 4 aromatic carbocycles. The maximum atomic E-state index is 16.2.